The molecule has 33 heavy (non-hydrogen) atoms. The molecule has 2 aliphatic rings. The molecule has 2 saturated heterocycles. The molecule has 2 aliphatic heterocycles. The van der Waals surface area contributed by atoms with Gasteiger partial charge in [-0.2, -0.15) is 0 Å². The Hall–Kier alpha value is -0.940. The fraction of sp³-hybridized carbons (Fsp3) is 0.720. The molecule has 3 rings (SSSR count). The van der Waals surface area contributed by atoms with E-state index in [0.29, 0.717) is 12.6 Å². The molecule has 0 aliphatic carbocycles. The summed E-state index contributed by atoms with van der Waals surface area (Å²) < 4.78 is 11.3. The van der Waals surface area contributed by atoms with Gasteiger partial charge in [0.05, 0.1) is 19.3 Å². The predicted octanol–water partition coefficient (Wildman–Crippen LogP) is 3.08. The predicted molar refractivity (Wildman–Crippen MR) is 146 cm³/mol. The van der Waals surface area contributed by atoms with Gasteiger partial charge in [-0.1, -0.05) is 24.3 Å². The minimum atomic E-state index is 0. The maximum absolute atomic E-state index is 5.74. The number of guanidine groups is 1. The van der Waals surface area contributed by atoms with Gasteiger partial charge >= 0.3 is 0 Å². The smallest absolute Gasteiger partial charge is 0.191 e. The molecule has 1 aromatic rings. The molecule has 8 heteroatoms. The molecule has 0 saturated carbocycles. The first kappa shape index (κ1) is 28.3. The molecule has 2 fully saturated rings. The van der Waals surface area contributed by atoms with Crippen LogP contribution >= 0.6 is 24.0 Å². The Bertz CT molecular complexity index is 667. The second-order valence-corrected chi connectivity index (χ2v) is 8.93. The van der Waals surface area contributed by atoms with Gasteiger partial charge in [-0.3, -0.25) is 4.90 Å². The van der Waals surface area contributed by atoms with Crippen molar-refractivity contribution in [1.82, 2.24) is 20.4 Å². The Morgan fingerprint density at radius 2 is 1.91 bits per heavy atom. The van der Waals surface area contributed by atoms with E-state index in [-0.39, 0.29) is 24.0 Å². The summed E-state index contributed by atoms with van der Waals surface area (Å²) in [6, 6.07) is 8.94. The second kappa shape index (κ2) is 16.6. The van der Waals surface area contributed by atoms with Crippen molar-refractivity contribution >= 4 is 29.9 Å². The molecule has 0 spiro atoms. The molecule has 0 aromatic heterocycles. The zero-order chi connectivity index (χ0) is 22.4. The van der Waals surface area contributed by atoms with E-state index in [1.165, 1.54) is 30.6 Å². The maximum Gasteiger partial charge on any atom is 0.191 e. The summed E-state index contributed by atoms with van der Waals surface area (Å²) in [5.41, 5.74) is 2.62. The van der Waals surface area contributed by atoms with E-state index < -0.39 is 0 Å². The molecule has 0 amide bonds. The topological polar surface area (TPSA) is 61.4 Å². The number of nitrogens with one attached hydrogen (secondary N) is 2. The first-order chi connectivity index (χ1) is 15.7. The average Bonchev–Trinajstić information content (AvgIpc) is 3.24. The lowest BCUT2D eigenvalue weighted by molar-refractivity contribution is 0.0168. The van der Waals surface area contributed by atoms with Crippen LogP contribution in [0.15, 0.2) is 29.3 Å². The van der Waals surface area contributed by atoms with Gasteiger partial charge in [0.1, 0.15) is 0 Å². The third kappa shape index (κ3) is 11.4. The Kier molecular flexibility index (Phi) is 14.3. The zero-order valence-corrected chi connectivity index (χ0v) is 22.9. The van der Waals surface area contributed by atoms with Crippen LogP contribution in [0, 0.1) is 0 Å². The molecule has 2 N–H and O–H groups in total. The van der Waals surface area contributed by atoms with Crippen molar-refractivity contribution in [2.24, 2.45) is 4.99 Å². The Balaban J connectivity index is 0.00000385. The molecule has 1 aromatic carbocycles. The molecule has 0 bridgehead atoms. The van der Waals surface area contributed by atoms with Gasteiger partial charge in [0, 0.05) is 45.9 Å². The van der Waals surface area contributed by atoms with E-state index in [9.17, 15) is 0 Å². The third-order valence-electron chi connectivity index (χ3n) is 6.09. The van der Waals surface area contributed by atoms with Crippen LogP contribution in [0.2, 0.25) is 0 Å². The quantitative estimate of drug-likeness (QED) is 0.184. The van der Waals surface area contributed by atoms with E-state index in [1.54, 1.807) is 0 Å². The normalized spacial score (nSPS) is 20.3. The number of rotatable bonds is 11. The van der Waals surface area contributed by atoms with E-state index in [0.717, 1.165) is 77.8 Å². The van der Waals surface area contributed by atoms with Gasteiger partial charge in [-0.25, -0.2) is 4.99 Å². The summed E-state index contributed by atoms with van der Waals surface area (Å²) in [6.07, 6.45) is 4.81. The number of benzene rings is 1. The maximum atomic E-state index is 5.74. The standard InChI is InChI=1S/C25H43N5O2.HI/c1-3-26-25(27-12-5-17-31-21-24-7-4-18-32-24)28-19-22-8-10-23(11-9-22)20-30-14-6-13-29(2)15-16-30;/h8-11,24H,3-7,12-21H2,1-2H3,(H2,26,27,28);1H. The highest BCUT2D eigenvalue weighted by Gasteiger charge is 2.15. The van der Waals surface area contributed by atoms with Gasteiger partial charge in [-0.05, 0) is 63.9 Å². The van der Waals surface area contributed by atoms with E-state index in [1.807, 2.05) is 0 Å². The van der Waals surface area contributed by atoms with Crippen molar-refractivity contribution in [1.29, 1.82) is 0 Å². The van der Waals surface area contributed by atoms with E-state index in [2.05, 4.69) is 58.7 Å². The second-order valence-electron chi connectivity index (χ2n) is 8.93. The number of hydrogen-bond donors (Lipinski definition) is 2. The SMILES string of the molecule is CCNC(=NCc1ccc(CN2CCCN(C)CC2)cc1)NCCCOCC1CCCO1.I. The molecule has 1 atom stereocenters. The van der Waals surface area contributed by atoms with E-state index in [4.69, 9.17) is 14.5 Å². The molecular weight excluding hydrogens is 529 g/mol. The molecular formula is C25H44IN5O2. The fourth-order valence-electron chi connectivity index (χ4n) is 4.15. The van der Waals surface area contributed by atoms with Crippen molar-refractivity contribution in [2.75, 3.05) is 66.1 Å². The average molecular weight is 574 g/mol. The van der Waals surface area contributed by atoms with Crippen molar-refractivity contribution in [3.63, 3.8) is 0 Å². The summed E-state index contributed by atoms with van der Waals surface area (Å²) in [4.78, 5) is 9.74. The number of likely N-dealkylation sites (N-methyl/N-ethyl adjacent to an activating group) is 1. The minimum Gasteiger partial charge on any atom is -0.379 e. The van der Waals surface area contributed by atoms with Gasteiger partial charge < -0.3 is 25.0 Å². The van der Waals surface area contributed by atoms with Crippen LogP contribution in [0.5, 0.6) is 0 Å². The first-order valence-corrected chi connectivity index (χ1v) is 12.4. The number of aliphatic imine (C=N–C) groups is 1. The summed E-state index contributed by atoms with van der Waals surface area (Å²) in [5, 5.41) is 6.74. The summed E-state index contributed by atoms with van der Waals surface area (Å²) in [7, 11) is 2.22. The van der Waals surface area contributed by atoms with Gasteiger partial charge in [0.25, 0.3) is 0 Å². The van der Waals surface area contributed by atoms with Crippen LogP contribution in [0.3, 0.4) is 0 Å². The van der Waals surface area contributed by atoms with Crippen molar-refractivity contribution in [3.05, 3.63) is 35.4 Å². The van der Waals surface area contributed by atoms with Crippen LogP contribution in [-0.4, -0.2) is 88.0 Å². The first-order valence-electron chi connectivity index (χ1n) is 12.4. The summed E-state index contributed by atoms with van der Waals surface area (Å²) in [6.45, 7) is 12.6. The van der Waals surface area contributed by atoms with Crippen molar-refractivity contribution in [2.45, 2.75) is 51.8 Å². The molecule has 7 nitrogen and oxygen atoms in total. The van der Waals surface area contributed by atoms with Gasteiger partial charge in [0.2, 0.25) is 0 Å². The lowest BCUT2D eigenvalue weighted by Gasteiger charge is -2.20. The summed E-state index contributed by atoms with van der Waals surface area (Å²) >= 11 is 0. The highest BCUT2D eigenvalue weighted by molar-refractivity contribution is 14.0. The third-order valence-corrected chi connectivity index (χ3v) is 6.09. The Labute approximate surface area is 217 Å². The number of halogens is 1. The van der Waals surface area contributed by atoms with Crippen LogP contribution < -0.4 is 10.6 Å². The van der Waals surface area contributed by atoms with Gasteiger partial charge in [-0.15, -0.1) is 24.0 Å². The highest BCUT2D eigenvalue weighted by atomic mass is 127. The fourth-order valence-corrected chi connectivity index (χ4v) is 4.15. The summed E-state index contributed by atoms with van der Waals surface area (Å²) in [5.74, 6) is 0.865. The van der Waals surface area contributed by atoms with Crippen LogP contribution in [0.25, 0.3) is 0 Å². The minimum absolute atomic E-state index is 0. The number of hydrogen-bond acceptors (Lipinski definition) is 5. The van der Waals surface area contributed by atoms with Crippen molar-refractivity contribution in [3.8, 4) is 0 Å². The molecule has 2 heterocycles. The van der Waals surface area contributed by atoms with Crippen molar-refractivity contribution < 1.29 is 9.47 Å². The lowest BCUT2D eigenvalue weighted by atomic mass is 10.1. The lowest BCUT2D eigenvalue weighted by Crippen LogP contribution is -2.38. The Morgan fingerprint density at radius 3 is 2.67 bits per heavy atom. The van der Waals surface area contributed by atoms with Gasteiger partial charge in [0.15, 0.2) is 5.96 Å². The van der Waals surface area contributed by atoms with Crippen LogP contribution in [-0.2, 0) is 22.6 Å². The number of nitrogens with zero attached hydrogens (tertiary/aromatic N) is 3. The zero-order valence-electron chi connectivity index (χ0n) is 20.6. The largest absolute Gasteiger partial charge is 0.379 e. The van der Waals surface area contributed by atoms with Crippen LogP contribution in [0.4, 0.5) is 0 Å². The Morgan fingerprint density at radius 1 is 1.09 bits per heavy atom. The van der Waals surface area contributed by atoms with Crippen LogP contribution in [0.1, 0.15) is 43.7 Å². The molecule has 1 unspecified atom stereocenters. The number of ether oxygens (including phenoxy) is 2. The molecule has 0 radical (unpaired) electrons. The van der Waals surface area contributed by atoms with E-state index >= 15 is 0 Å². The highest BCUT2D eigenvalue weighted by Crippen LogP contribution is 2.12. The monoisotopic (exact) mass is 573 g/mol. The molecule has 188 valence electrons.